The van der Waals surface area contributed by atoms with Crippen molar-refractivity contribution in [1.29, 1.82) is 0 Å². The Balaban J connectivity index is 1.52. The topological polar surface area (TPSA) is 62.3 Å². The van der Waals surface area contributed by atoms with Crippen molar-refractivity contribution in [2.45, 2.75) is 6.92 Å². The van der Waals surface area contributed by atoms with Crippen LogP contribution in [0, 0.1) is 12.1 Å². The second-order valence-electron chi connectivity index (χ2n) is 7.64. The molecular weight excluding hydrogens is 409 g/mol. The van der Waals surface area contributed by atoms with Gasteiger partial charge < -0.3 is 9.55 Å². The van der Waals surface area contributed by atoms with Gasteiger partial charge in [0, 0.05) is 39.3 Å². The first-order valence-corrected chi connectivity index (χ1v) is 10.7. The fourth-order valence-corrected chi connectivity index (χ4v) is 4.88. The third kappa shape index (κ3) is 2.81. The van der Waals surface area contributed by atoms with Gasteiger partial charge in [0.05, 0.1) is 23.1 Å². The van der Waals surface area contributed by atoms with Gasteiger partial charge in [0.2, 0.25) is 0 Å². The van der Waals surface area contributed by atoms with Crippen LogP contribution in [0.25, 0.3) is 54.9 Å². The molecular formula is C24H18FN5S. The molecule has 31 heavy (non-hydrogen) atoms. The minimum atomic E-state index is -0.181. The summed E-state index contributed by atoms with van der Waals surface area (Å²) in [7, 11) is 2.02. The van der Waals surface area contributed by atoms with Crippen molar-refractivity contribution >= 4 is 33.1 Å². The fraction of sp³-hybridized carbons (Fsp3) is 0.0833. The van der Waals surface area contributed by atoms with E-state index in [1.54, 1.807) is 0 Å². The van der Waals surface area contributed by atoms with E-state index in [0.717, 1.165) is 72.1 Å². The molecule has 152 valence electrons. The predicted octanol–water partition coefficient (Wildman–Crippen LogP) is 6.29. The molecule has 0 unspecified atom stereocenters. The fourth-order valence-electron chi connectivity index (χ4n) is 4.11. The van der Waals surface area contributed by atoms with Crippen LogP contribution in [-0.4, -0.2) is 24.7 Å². The minimum absolute atomic E-state index is 0.181. The largest absolute Gasteiger partial charge is 0.353 e. The van der Waals surface area contributed by atoms with Crippen molar-refractivity contribution in [3.63, 3.8) is 0 Å². The molecule has 2 N–H and O–H groups in total. The van der Waals surface area contributed by atoms with Crippen LogP contribution in [0.4, 0.5) is 4.39 Å². The molecule has 2 aromatic carbocycles. The number of hydrogen-bond acceptors (Lipinski definition) is 3. The van der Waals surface area contributed by atoms with E-state index in [-0.39, 0.29) is 5.13 Å². The van der Waals surface area contributed by atoms with E-state index < -0.39 is 0 Å². The Bertz CT molecular complexity index is 1580. The smallest absolute Gasteiger partial charge is 0.176 e. The highest BCUT2D eigenvalue weighted by Crippen LogP contribution is 2.37. The lowest BCUT2D eigenvalue weighted by atomic mass is 10.1. The molecule has 0 aliphatic heterocycles. The highest BCUT2D eigenvalue weighted by atomic mass is 32.1. The molecule has 6 aromatic rings. The van der Waals surface area contributed by atoms with Crippen LogP contribution < -0.4 is 0 Å². The maximum absolute atomic E-state index is 13.6. The van der Waals surface area contributed by atoms with E-state index >= 15 is 0 Å². The number of fused-ring (bicyclic) bond motifs is 2. The van der Waals surface area contributed by atoms with E-state index in [2.05, 4.69) is 42.9 Å². The first-order valence-electron chi connectivity index (χ1n) is 9.93. The summed E-state index contributed by atoms with van der Waals surface area (Å²) in [5, 5.41) is 9.64. The standard InChI is InChI=1S/C24H18FN5S/c1-13-26-12-21(30(13)2)14-6-7-19-17(10-14)24(29-28-19)20-11-16-15(4-3-5-18(16)27-20)22-8-9-23(25)31-22/h3-12,27H,1-2H3,(H,28,29). The molecule has 4 aromatic heterocycles. The SMILES string of the molecule is Cc1ncc(-c2ccc3[nH]nc(-c4cc5c(-c6ccc(F)s6)cccc5[nH]4)c3c2)n1C. The van der Waals surface area contributed by atoms with Gasteiger partial charge in [-0.15, -0.1) is 11.3 Å². The highest BCUT2D eigenvalue weighted by Gasteiger charge is 2.15. The second kappa shape index (κ2) is 6.65. The Morgan fingerprint density at radius 1 is 1.00 bits per heavy atom. The van der Waals surface area contributed by atoms with Crippen molar-refractivity contribution in [1.82, 2.24) is 24.7 Å². The molecule has 0 bridgehead atoms. The van der Waals surface area contributed by atoms with Gasteiger partial charge in [-0.2, -0.15) is 9.49 Å². The maximum atomic E-state index is 13.6. The minimum Gasteiger partial charge on any atom is -0.353 e. The maximum Gasteiger partial charge on any atom is 0.176 e. The summed E-state index contributed by atoms with van der Waals surface area (Å²) in [6.07, 6.45) is 1.89. The Labute approximate surface area is 181 Å². The van der Waals surface area contributed by atoms with Crippen LogP contribution in [0.3, 0.4) is 0 Å². The van der Waals surface area contributed by atoms with Gasteiger partial charge in [-0.25, -0.2) is 4.98 Å². The van der Waals surface area contributed by atoms with Crippen molar-refractivity contribution in [3.8, 4) is 33.1 Å². The Morgan fingerprint density at radius 2 is 1.90 bits per heavy atom. The average molecular weight is 428 g/mol. The van der Waals surface area contributed by atoms with Gasteiger partial charge in [0.25, 0.3) is 0 Å². The molecule has 0 radical (unpaired) electrons. The number of aryl methyl sites for hydroxylation is 1. The van der Waals surface area contributed by atoms with Gasteiger partial charge in [-0.05, 0) is 43.3 Å². The number of imidazole rings is 1. The predicted molar refractivity (Wildman–Crippen MR) is 124 cm³/mol. The first-order chi connectivity index (χ1) is 15.1. The second-order valence-corrected chi connectivity index (χ2v) is 8.67. The van der Waals surface area contributed by atoms with Gasteiger partial charge in [0.1, 0.15) is 11.5 Å². The lowest BCUT2D eigenvalue weighted by Crippen LogP contribution is -1.94. The molecule has 0 spiro atoms. The number of aromatic nitrogens is 5. The van der Waals surface area contributed by atoms with Crippen molar-refractivity contribution in [3.05, 3.63) is 71.7 Å². The average Bonchev–Trinajstić information content (AvgIpc) is 3.54. The zero-order chi connectivity index (χ0) is 21.1. The Hall–Kier alpha value is -3.71. The van der Waals surface area contributed by atoms with Crippen molar-refractivity contribution in [2.75, 3.05) is 0 Å². The number of nitrogens with zero attached hydrogens (tertiary/aromatic N) is 3. The first kappa shape index (κ1) is 18.1. The van der Waals surface area contributed by atoms with Crippen molar-refractivity contribution in [2.24, 2.45) is 7.05 Å². The molecule has 7 heteroatoms. The number of halogens is 1. The molecule has 0 atom stereocenters. The summed E-state index contributed by atoms with van der Waals surface area (Å²) in [5.41, 5.74) is 6.90. The highest BCUT2D eigenvalue weighted by molar-refractivity contribution is 7.14. The Kier molecular flexibility index (Phi) is 3.88. The number of H-pyrrole nitrogens is 2. The number of benzene rings is 2. The van der Waals surface area contributed by atoms with Gasteiger partial charge in [0.15, 0.2) is 5.13 Å². The quantitative estimate of drug-likeness (QED) is 0.349. The van der Waals surface area contributed by atoms with E-state index in [9.17, 15) is 4.39 Å². The normalized spacial score (nSPS) is 11.7. The third-order valence-electron chi connectivity index (χ3n) is 5.84. The monoisotopic (exact) mass is 427 g/mol. The van der Waals surface area contributed by atoms with Crippen LogP contribution in [0.2, 0.25) is 0 Å². The molecule has 5 nitrogen and oxygen atoms in total. The molecule has 0 amide bonds. The Morgan fingerprint density at radius 3 is 2.68 bits per heavy atom. The van der Waals surface area contributed by atoms with Crippen LogP contribution in [0.15, 0.2) is 60.8 Å². The van der Waals surface area contributed by atoms with Crippen LogP contribution >= 0.6 is 11.3 Å². The van der Waals surface area contributed by atoms with Crippen LogP contribution in [0.1, 0.15) is 5.82 Å². The summed E-state index contributed by atoms with van der Waals surface area (Å²) >= 11 is 1.16. The number of nitrogens with one attached hydrogen (secondary N) is 2. The zero-order valence-electron chi connectivity index (χ0n) is 16.9. The van der Waals surface area contributed by atoms with Crippen LogP contribution in [0.5, 0.6) is 0 Å². The van der Waals surface area contributed by atoms with Gasteiger partial charge in [-0.1, -0.05) is 18.2 Å². The zero-order valence-corrected chi connectivity index (χ0v) is 17.7. The third-order valence-corrected chi connectivity index (χ3v) is 6.74. The van der Waals surface area contributed by atoms with E-state index in [4.69, 9.17) is 0 Å². The molecule has 4 heterocycles. The lowest BCUT2D eigenvalue weighted by Gasteiger charge is -2.04. The van der Waals surface area contributed by atoms with Crippen molar-refractivity contribution < 1.29 is 4.39 Å². The summed E-state index contributed by atoms with van der Waals surface area (Å²) in [4.78, 5) is 8.82. The molecule has 0 saturated heterocycles. The molecule has 0 fully saturated rings. The number of aromatic amines is 2. The summed E-state index contributed by atoms with van der Waals surface area (Å²) in [6, 6.07) is 17.7. The van der Waals surface area contributed by atoms with Gasteiger partial charge in [-0.3, -0.25) is 5.10 Å². The molecule has 0 saturated carbocycles. The van der Waals surface area contributed by atoms with Gasteiger partial charge >= 0.3 is 0 Å². The number of hydrogen-bond donors (Lipinski definition) is 2. The van der Waals surface area contributed by atoms with Crippen LogP contribution in [-0.2, 0) is 7.05 Å². The number of rotatable bonds is 3. The molecule has 0 aliphatic rings. The van der Waals surface area contributed by atoms with E-state index in [1.807, 2.05) is 50.5 Å². The van der Waals surface area contributed by atoms with E-state index in [1.165, 1.54) is 6.07 Å². The number of thiophene rings is 1. The molecule has 0 aliphatic carbocycles. The summed E-state index contributed by atoms with van der Waals surface area (Å²) in [6.45, 7) is 1.99. The summed E-state index contributed by atoms with van der Waals surface area (Å²) in [5.74, 6) is 0.968. The summed E-state index contributed by atoms with van der Waals surface area (Å²) < 4.78 is 15.7. The lowest BCUT2D eigenvalue weighted by molar-refractivity contribution is 0.657. The van der Waals surface area contributed by atoms with E-state index in [0.29, 0.717) is 0 Å². The molecule has 6 rings (SSSR count).